The van der Waals surface area contributed by atoms with Gasteiger partial charge in [-0.3, -0.25) is 14.4 Å². The van der Waals surface area contributed by atoms with Gasteiger partial charge in [-0.1, -0.05) is 62.4 Å². The first-order valence-corrected chi connectivity index (χ1v) is 16.7. The van der Waals surface area contributed by atoms with Crippen molar-refractivity contribution in [2.75, 3.05) is 6.61 Å². The van der Waals surface area contributed by atoms with Crippen LogP contribution < -0.4 is 0 Å². The van der Waals surface area contributed by atoms with Crippen molar-refractivity contribution in [3.63, 3.8) is 0 Å². The van der Waals surface area contributed by atoms with Crippen molar-refractivity contribution in [3.05, 3.63) is 82.9 Å². The number of fused-ring (bicyclic) bond motifs is 5. The van der Waals surface area contributed by atoms with Crippen LogP contribution in [-0.2, 0) is 39.8 Å². The minimum absolute atomic E-state index is 0.0281. The van der Waals surface area contributed by atoms with Crippen LogP contribution in [0.25, 0.3) is 0 Å². The number of hydrogen-bond donors (Lipinski definition) is 3. The summed E-state index contributed by atoms with van der Waals surface area (Å²) in [5, 5.41) is 37.0. The van der Waals surface area contributed by atoms with E-state index >= 15 is 0 Å². The summed E-state index contributed by atoms with van der Waals surface area (Å²) >= 11 is 0. The third-order valence-corrected chi connectivity index (χ3v) is 11.7. The van der Waals surface area contributed by atoms with Crippen molar-refractivity contribution >= 4 is 23.7 Å². The number of carbonyl (C=O) groups is 4. The molecule has 0 spiro atoms. The molecular formula is C38H44O11. The number of hydrogen-bond acceptors (Lipinski definition) is 11. The summed E-state index contributed by atoms with van der Waals surface area (Å²) < 4.78 is 24.1. The zero-order valence-electron chi connectivity index (χ0n) is 28.4. The van der Waals surface area contributed by atoms with Crippen LogP contribution in [0.3, 0.4) is 0 Å². The van der Waals surface area contributed by atoms with Crippen LogP contribution in [0.2, 0.25) is 0 Å². The average Bonchev–Trinajstić information content (AvgIpc) is 3.06. The summed E-state index contributed by atoms with van der Waals surface area (Å²) in [5.74, 6) is -4.29. The number of carbonyl (C=O) groups excluding carboxylic acids is 4. The molecule has 262 valence electrons. The first-order valence-electron chi connectivity index (χ1n) is 16.7. The van der Waals surface area contributed by atoms with Crippen LogP contribution in [0.4, 0.5) is 0 Å². The molecule has 1 saturated heterocycles. The number of ketones is 1. The lowest BCUT2D eigenvalue weighted by atomic mass is 9.44. The Bertz CT molecular complexity index is 1670. The van der Waals surface area contributed by atoms with E-state index in [1.165, 1.54) is 26.0 Å². The molecule has 2 saturated carbocycles. The number of esters is 3. The number of rotatable bonds is 7. The molecule has 2 bridgehead atoms. The minimum atomic E-state index is -2.14. The van der Waals surface area contributed by atoms with Gasteiger partial charge in [0.2, 0.25) is 0 Å². The minimum Gasteiger partial charge on any atom is -0.458 e. The number of Topliss-reactive ketones (excluding diaryl/α,β-unsaturated/α-hetero) is 1. The van der Waals surface area contributed by atoms with Crippen LogP contribution in [0.15, 0.2) is 71.8 Å². The highest BCUT2D eigenvalue weighted by molar-refractivity contribution is 5.94. The first kappa shape index (κ1) is 34.9. The van der Waals surface area contributed by atoms with Gasteiger partial charge >= 0.3 is 17.9 Å². The van der Waals surface area contributed by atoms with Gasteiger partial charge < -0.3 is 34.3 Å². The summed E-state index contributed by atoms with van der Waals surface area (Å²) in [4.78, 5) is 54.7. The van der Waals surface area contributed by atoms with E-state index in [0.29, 0.717) is 12.0 Å². The molecular weight excluding hydrogens is 632 g/mol. The molecule has 4 aliphatic rings. The Morgan fingerprint density at radius 2 is 1.59 bits per heavy atom. The molecule has 0 unspecified atom stereocenters. The maximum Gasteiger partial charge on any atom is 0.338 e. The molecule has 3 aliphatic carbocycles. The zero-order chi connectivity index (χ0) is 35.5. The van der Waals surface area contributed by atoms with Crippen LogP contribution in [0, 0.1) is 16.7 Å². The molecule has 0 aromatic heterocycles. The SMILES string of the molecule is CC(=O)O[C@@]12CO[C@@H]1C[C@H](O)[C@@]1(C)C(=O)[C@H](O)C3=C(C)[C@@H](OC(=O)CCc4ccccc4)C[C@@](O)([C@@H](OC(=O)c4ccccc4)[C@H]21)C3(C)C. The molecule has 3 fully saturated rings. The third-order valence-electron chi connectivity index (χ3n) is 11.7. The maximum atomic E-state index is 14.7. The Kier molecular flexibility index (Phi) is 8.88. The zero-order valence-corrected chi connectivity index (χ0v) is 28.4. The fourth-order valence-corrected chi connectivity index (χ4v) is 8.88. The smallest absolute Gasteiger partial charge is 0.338 e. The second-order valence-corrected chi connectivity index (χ2v) is 14.6. The highest BCUT2D eigenvalue weighted by Gasteiger charge is 2.78. The molecule has 1 aliphatic heterocycles. The van der Waals surface area contributed by atoms with E-state index in [4.69, 9.17) is 18.9 Å². The predicted octanol–water partition coefficient (Wildman–Crippen LogP) is 3.27. The molecule has 1 heterocycles. The lowest BCUT2D eigenvalue weighted by Gasteiger charge is -2.67. The molecule has 0 radical (unpaired) electrons. The van der Waals surface area contributed by atoms with Crippen molar-refractivity contribution in [3.8, 4) is 0 Å². The summed E-state index contributed by atoms with van der Waals surface area (Å²) in [5.41, 5.74) is -5.55. The fraction of sp³-hybridized carbons (Fsp3) is 0.526. The second kappa shape index (κ2) is 12.5. The quantitative estimate of drug-likeness (QED) is 0.224. The largest absolute Gasteiger partial charge is 0.458 e. The number of aryl methyl sites for hydroxylation is 1. The van der Waals surface area contributed by atoms with Gasteiger partial charge in [0.05, 0.1) is 29.6 Å². The van der Waals surface area contributed by atoms with Gasteiger partial charge in [0.15, 0.2) is 11.4 Å². The van der Waals surface area contributed by atoms with Gasteiger partial charge in [0.25, 0.3) is 0 Å². The van der Waals surface area contributed by atoms with E-state index in [1.807, 2.05) is 30.3 Å². The van der Waals surface area contributed by atoms with Gasteiger partial charge in [-0.05, 0) is 49.1 Å². The summed E-state index contributed by atoms with van der Waals surface area (Å²) in [6.07, 6.45) is -6.91. The van der Waals surface area contributed by atoms with Gasteiger partial charge in [0, 0.05) is 31.6 Å². The normalized spacial score (nSPS) is 36.2. The topological polar surface area (TPSA) is 166 Å². The third kappa shape index (κ3) is 5.42. The van der Waals surface area contributed by atoms with Gasteiger partial charge in [-0.15, -0.1) is 0 Å². The van der Waals surface area contributed by atoms with Crippen LogP contribution in [0.5, 0.6) is 0 Å². The molecule has 49 heavy (non-hydrogen) atoms. The van der Waals surface area contributed by atoms with Gasteiger partial charge in [0.1, 0.15) is 30.0 Å². The van der Waals surface area contributed by atoms with Crippen molar-refractivity contribution in [2.24, 2.45) is 16.7 Å². The van der Waals surface area contributed by atoms with Crippen LogP contribution in [-0.4, -0.2) is 87.3 Å². The molecule has 11 nitrogen and oxygen atoms in total. The Balaban J connectivity index is 1.51. The average molecular weight is 677 g/mol. The van der Waals surface area contributed by atoms with E-state index in [1.54, 1.807) is 39.0 Å². The van der Waals surface area contributed by atoms with Crippen molar-refractivity contribution in [2.45, 2.75) is 102 Å². The van der Waals surface area contributed by atoms with Crippen molar-refractivity contribution in [1.82, 2.24) is 0 Å². The standard InChI is InChI=1S/C38H44O11/c1-21-25(47-28(41)17-16-23-12-8-6-9-13-23)19-38(45)33(48-34(44)24-14-10-7-11-15-24)31-36(5,32(43)30(42)29(21)35(38,3)4)26(40)18-27-37(31,20-46-27)49-22(2)39/h6-15,25-27,30-31,33,40,42,45H,16-20H2,1-5H3/t25-,26-,27+,30+,31-,33-,36+,37-,38+/m0/s1. The Labute approximate surface area is 285 Å². The Hall–Kier alpha value is -3.90. The second-order valence-electron chi connectivity index (χ2n) is 14.6. The van der Waals surface area contributed by atoms with E-state index in [-0.39, 0.29) is 37.0 Å². The lowest BCUT2D eigenvalue weighted by Crippen LogP contribution is -2.81. The van der Waals surface area contributed by atoms with Crippen molar-refractivity contribution < 1.29 is 53.4 Å². The van der Waals surface area contributed by atoms with E-state index in [2.05, 4.69) is 0 Å². The van der Waals surface area contributed by atoms with E-state index in [9.17, 15) is 34.5 Å². The highest BCUT2D eigenvalue weighted by Crippen LogP contribution is 2.64. The first-order chi connectivity index (χ1) is 23.1. The van der Waals surface area contributed by atoms with E-state index < -0.39 is 82.2 Å². The molecule has 6 rings (SSSR count). The lowest BCUT2D eigenvalue weighted by molar-refractivity contribution is -0.345. The number of aliphatic hydroxyl groups excluding tert-OH is 2. The monoisotopic (exact) mass is 676 g/mol. The Morgan fingerprint density at radius 3 is 2.18 bits per heavy atom. The number of ether oxygens (including phenoxy) is 4. The fourth-order valence-electron chi connectivity index (χ4n) is 8.88. The molecule has 9 atom stereocenters. The molecule has 3 N–H and O–H groups in total. The maximum absolute atomic E-state index is 14.7. The molecule has 2 aromatic carbocycles. The van der Waals surface area contributed by atoms with E-state index in [0.717, 1.165) is 5.56 Å². The van der Waals surface area contributed by atoms with Gasteiger partial charge in [-0.2, -0.15) is 0 Å². The number of aliphatic hydroxyl groups is 3. The van der Waals surface area contributed by atoms with Crippen LogP contribution in [0.1, 0.15) is 69.8 Å². The predicted molar refractivity (Wildman–Crippen MR) is 174 cm³/mol. The molecule has 11 heteroatoms. The highest BCUT2D eigenvalue weighted by atomic mass is 16.6. The number of benzene rings is 2. The van der Waals surface area contributed by atoms with Gasteiger partial charge in [-0.25, -0.2) is 4.79 Å². The molecule has 2 aromatic rings. The summed E-state index contributed by atoms with van der Waals surface area (Å²) in [7, 11) is 0. The molecule has 0 amide bonds. The summed E-state index contributed by atoms with van der Waals surface area (Å²) in [6, 6.07) is 17.5. The van der Waals surface area contributed by atoms with Crippen LogP contribution >= 0.6 is 0 Å². The van der Waals surface area contributed by atoms with Crippen molar-refractivity contribution in [1.29, 1.82) is 0 Å². The Morgan fingerprint density at radius 1 is 0.959 bits per heavy atom. The summed E-state index contributed by atoms with van der Waals surface area (Å²) in [6.45, 7) is 7.35.